The van der Waals surface area contributed by atoms with Crippen molar-refractivity contribution in [2.24, 2.45) is 0 Å². The van der Waals surface area contributed by atoms with Crippen molar-refractivity contribution >= 4 is 6.29 Å². The number of hydrogen-bond donors (Lipinski definition) is 1. The number of aldehydes is 1. The first kappa shape index (κ1) is 16.9. The van der Waals surface area contributed by atoms with Crippen molar-refractivity contribution in [3.05, 3.63) is 34.9 Å². The van der Waals surface area contributed by atoms with Crippen molar-refractivity contribution in [3.8, 4) is 0 Å². The fraction of sp³-hybridized carbons (Fsp3) is 0.562. The molecule has 18 heavy (non-hydrogen) atoms. The minimum absolute atomic E-state index is 0.134. The Morgan fingerprint density at radius 2 is 1.39 bits per heavy atom. The van der Waals surface area contributed by atoms with E-state index in [4.69, 9.17) is 5.11 Å². The van der Waals surface area contributed by atoms with Gasteiger partial charge in [0.2, 0.25) is 0 Å². The van der Waals surface area contributed by atoms with Crippen molar-refractivity contribution in [3.63, 3.8) is 0 Å². The van der Waals surface area contributed by atoms with Gasteiger partial charge in [0.25, 0.3) is 0 Å². The zero-order valence-corrected chi connectivity index (χ0v) is 11.9. The van der Waals surface area contributed by atoms with Crippen LogP contribution in [0.25, 0.3) is 0 Å². The third kappa shape index (κ3) is 10.0. The second kappa shape index (κ2) is 11.0. The molecule has 0 aliphatic carbocycles. The van der Waals surface area contributed by atoms with Crippen LogP contribution in [0.4, 0.5) is 0 Å². The Balaban J connectivity index is 3.88. The van der Waals surface area contributed by atoms with Crippen LogP contribution < -0.4 is 0 Å². The average molecular weight is 250 g/mol. The maximum atomic E-state index is 10.3. The van der Waals surface area contributed by atoms with Crippen molar-refractivity contribution in [1.29, 1.82) is 0 Å². The molecule has 0 fully saturated rings. The lowest BCUT2D eigenvalue weighted by molar-refractivity contribution is -0.107. The van der Waals surface area contributed by atoms with Crippen molar-refractivity contribution in [1.82, 2.24) is 0 Å². The lowest BCUT2D eigenvalue weighted by atomic mass is 10.1. The summed E-state index contributed by atoms with van der Waals surface area (Å²) in [6, 6.07) is 0. The van der Waals surface area contributed by atoms with Gasteiger partial charge in [-0.25, -0.2) is 0 Å². The van der Waals surface area contributed by atoms with Crippen LogP contribution in [0, 0.1) is 0 Å². The molecular formula is C16H26O2. The van der Waals surface area contributed by atoms with Gasteiger partial charge in [0.15, 0.2) is 0 Å². The fourth-order valence-electron chi connectivity index (χ4n) is 1.67. The first-order valence-corrected chi connectivity index (χ1v) is 6.61. The second-order valence-corrected chi connectivity index (χ2v) is 4.78. The van der Waals surface area contributed by atoms with E-state index in [0.717, 1.165) is 37.5 Å². The molecule has 0 aliphatic rings. The molecule has 0 heterocycles. The maximum Gasteiger partial charge on any atom is 0.124 e. The predicted molar refractivity (Wildman–Crippen MR) is 77.5 cm³/mol. The lowest BCUT2D eigenvalue weighted by Gasteiger charge is -2.01. The predicted octanol–water partition coefficient (Wildman–Crippen LogP) is 3.97. The standard InChI is InChI=1S/C16H26O2/c1-14(6-4-8-15(2)10-12-17)7-5-9-16(3)11-13-18/h6,9-10,13,17H,4-5,7-8,11-12H2,1-3H3. The summed E-state index contributed by atoms with van der Waals surface area (Å²) in [6.07, 6.45) is 11.9. The minimum atomic E-state index is 0.134. The highest BCUT2D eigenvalue weighted by molar-refractivity contribution is 5.53. The Morgan fingerprint density at radius 1 is 0.889 bits per heavy atom. The van der Waals surface area contributed by atoms with Crippen LogP contribution in [-0.2, 0) is 4.79 Å². The number of carbonyl (C=O) groups excluding carboxylic acids is 1. The van der Waals surface area contributed by atoms with Crippen LogP contribution >= 0.6 is 0 Å². The van der Waals surface area contributed by atoms with E-state index in [-0.39, 0.29) is 6.61 Å². The van der Waals surface area contributed by atoms with E-state index in [0.29, 0.717) is 6.42 Å². The molecule has 0 saturated heterocycles. The largest absolute Gasteiger partial charge is 0.392 e. The van der Waals surface area contributed by atoms with Crippen molar-refractivity contribution in [2.75, 3.05) is 6.61 Å². The van der Waals surface area contributed by atoms with Crippen LogP contribution in [0.3, 0.4) is 0 Å². The van der Waals surface area contributed by atoms with Crippen LogP contribution in [-0.4, -0.2) is 18.0 Å². The zero-order valence-electron chi connectivity index (χ0n) is 11.9. The van der Waals surface area contributed by atoms with Crippen molar-refractivity contribution < 1.29 is 9.90 Å². The smallest absolute Gasteiger partial charge is 0.124 e. The summed E-state index contributed by atoms with van der Waals surface area (Å²) in [5.41, 5.74) is 3.78. The molecule has 0 aromatic carbocycles. The van der Waals surface area contributed by atoms with Crippen LogP contribution in [0.1, 0.15) is 52.9 Å². The normalized spacial score (nSPS) is 13.9. The molecule has 0 aliphatic heterocycles. The quantitative estimate of drug-likeness (QED) is 0.496. The van der Waals surface area contributed by atoms with Gasteiger partial charge in [-0.15, -0.1) is 0 Å². The van der Waals surface area contributed by atoms with Gasteiger partial charge in [-0.2, -0.15) is 0 Å². The first-order valence-electron chi connectivity index (χ1n) is 6.61. The first-order chi connectivity index (χ1) is 8.60. The Hall–Kier alpha value is -1.15. The Bertz CT molecular complexity index is 322. The van der Waals surface area contributed by atoms with Crippen LogP contribution in [0.5, 0.6) is 0 Å². The highest BCUT2D eigenvalue weighted by Gasteiger charge is 1.92. The van der Waals surface area contributed by atoms with Gasteiger partial charge in [0, 0.05) is 6.42 Å². The summed E-state index contributed by atoms with van der Waals surface area (Å²) >= 11 is 0. The summed E-state index contributed by atoms with van der Waals surface area (Å²) in [5, 5.41) is 8.73. The molecule has 0 saturated carbocycles. The van der Waals surface area contributed by atoms with E-state index in [1.165, 1.54) is 11.1 Å². The lowest BCUT2D eigenvalue weighted by Crippen LogP contribution is -1.83. The minimum Gasteiger partial charge on any atom is -0.392 e. The summed E-state index contributed by atoms with van der Waals surface area (Å²) in [7, 11) is 0. The van der Waals surface area contributed by atoms with Crippen LogP contribution in [0.15, 0.2) is 34.9 Å². The summed E-state index contributed by atoms with van der Waals surface area (Å²) in [6.45, 7) is 6.32. The molecule has 0 aromatic heterocycles. The number of hydrogen-bond acceptors (Lipinski definition) is 2. The Kier molecular flexibility index (Phi) is 10.3. The van der Waals surface area contributed by atoms with Gasteiger partial charge in [-0.05, 0) is 46.5 Å². The maximum absolute atomic E-state index is 10.3. The molecule has 0 atom stereocenters. The van der Waals surface area contributed by atoms with Crippen LogP contribution in [0.2, 0.25) is 0 Å². The molecule has 2 nitrogen and oxygen atoms in total. The molecule has 0 amide bonds. The molecule has 2 heteroatoms. The van der Waals surface area contributed by atoms with Gasteiger partial charge in [0.05, 0.1) is 6.61 Å². The highest BCUT2D eigenvalue weighted by Crippen LogP contribution is 2.11. The number of aliphatic hydroxyl groups is 1. The van der Waals surface area contributed by atoms with E-state index in [1.54, 1.807) is 0 Å². The van der Waals surface area contributed by atoms with E-state index in [1.807, 2.05) is 19.9 Å². The average Bonchev–Trinajstić information content (AvgIpc) is 2.29. The summed E-state index contributed by atoms with van der Waals surface area (Å²) in [4.78, 5) is 10.3. The molecule has 0 aromatic rings. The number of allylic oxidation sites excluding steroid dienone is 5. The Labute approximate surface area is 111 Å². The van der Waals surface area contributed by atoms with Gasteiger partial charge in [-0.3, -0.25) is 0 Å². The SMILES string of the molecule is CC(=CCCC(C)=CCCC(C)=CCO)CC=O. The van der Waals surface area contributed by atoms with Gasteiger partial charge >= 0.3 is 0 Å². The van der Waals surface area contributed by atoms with E-state index < -0.39 is 0 Å². The Morgan fingerprint density at radius 3 is 1.89 bits per heavy atom. The topological polar surface area (TPSA) is 37.3 Å². The summed E-state index contributed by atoms with van der Waals surface area (Å²) < 4.78 is 0. The third-order valence-corrected chi connectivity index (χ3v) is 2.91. The molecule has 102 valence electrons. The molecule has 0 spiro atoms. The van der Waals surface area contributed by atoms with Gasteiger partial charge in [0.1, 0.15) is 6.29 Å². The van der Waals surface area contributed by atoms with E-state index >= 15 is 0 Å². The highest BCUT2D eigenvalue weighted by atomic mass is 16.2. The van der Waals surface area contributed by atoms with E-state index in [2.05, 4.69) is 19.1 Å². The second-order valence-electron chi connectivity index (χ2n) is 4.78. The van der Waals surface area contributed by atoms with Crippen molar-refractivity contribution in [2.45, 2.75) is 52.9 Å². The number of aliphatic hydroxyl groups excluding tert-OH is 1. The van der Waals surface area contributed by atoms with E-state index in [9.17, 15) is 4.79 Å². The monoisotopic (exact) mass is 250 g/mol. The number of carbonyl (C=O) groups is 1. The summed E-state index contributed by atoms with van der Waals surface area (Å²) in [5.74, 6) is 0. The zero-order chi connectivity index (χ0) is 13.8. The molecule has 1 N–H and O–H groups in total. The fourth-order valence-corrected chi connectivity index (χ4v) is 1.67. The molecule has 0 rings (SSSR count). The molecule has 0 bridgehead atoms. The molecule has 0 unspecified atom stereocenters. The third-order valence-electron chi connectivity index (χ3n) is 2.91. The van der Waals surface area contributed by atoms with Gasteiger partial charge in [-0.1, -0.05) is 34.9 Å². The number of rotatable bonds is 9. The molecule has 0 radical (unpaired) electrons. The molecular weight excluding hydrogens is 224 g/mol. The van der Waals surface area contributed by atoms with Gasteiger partial charge < -0.3 is 9.90 Å².